The number of hydrogen-bond donors (Lipinski definition) is 3. The van der Waals surface area contributed by atoms with Crippen molar-refractivity contribution >= 4 is 5.91 Å². The van der Waals surface area contributed by atoms with E-state index in [0.717, 1.165) is 12.8 Å². The van der Waals surface area contributed by atoms with E-state index in [0.29, 0.717) is 13.0 Å². The Bertz CT molecular complexity index is 188. The highest BCUT2D eigenvalue weighted by Gasteiger charge is 2.31. The van der Waals surface area contributed by atoms with Gasteiger partial charge in [-0.1, -0.05) is 0 Å². The predicted molar refractivity (Wildman–Crippen MR) is 51.5 cm³/mol. The maximum absolute atomic E-state index is 11.5. The van der Waals surface area contributed by atoms with E-state index >= 15 is 0 Å². The van der Waals surface area contributed by atoms with Gasteiger partial charge in [-0.3, -0.25) is 4.79 Å². The van der Waals surface area contributed by atoms with E-state index in [1.54, 1.807) is 0 Å². The third-order valence-electron chi connectivity index (χ3n) is 2.46. The molecule has 0 saturated carbocycles. The molecule has 1 saturated heterocycles. The lowest BCUT2D eigenvalue weighted by Crippen LogP contribution is -2.29. The minimum absolute atomic E-state index is 0.00551. The molecule has 0 aliphatic carbocycles. The molecule has 5 nitrogen and oxygen atoms in total. The van der Waals surface area contributed by atoms with Crippen molar-refractivity contribution < 1.29 is 15.0 Å². The van der Waals surface area contributed by atoms with E-state index < -0.39 is 12.2 Å². The van der Waals surface area contributed by atoms with Crippen molar-refractivity contribution in [1.82, 2.24) is 4.90 Å². The van der Waals surface area contributed by atoms with E-state index in [4.69, 9.17) is 5.73 Å². The number of aliphatic hydroxyl groups is 2. The maximum atomic E-state index is 11.5. The van der Waals surface area contributed by atoms with Gasteiger partial charge in [-0.2, -0.15) is 0 Å². The molecule has 2 atom stereocenters. The van der Waals surface area contributed by atoms with E-state index in [1.807, 2.05) is 0 Å². The molecule has 1 rings (SSSR count). The molecular formula is C9H18N2O3. The molecule has 0 aromatic carbocycles. The lowest BCUT2D eigenvalue weighted by Gasteiger charge is -2.14. The molecule has 0 aromatic heterocycles. The molecule has 0 unspecified atom stereocenters. The van der Waals surface area contributed by atoms with Crippen molar-refractivity contribution in [1.29, 1.82) is 0 Å². The summed E-state index contributed by atoms with van der Waals surface area (Å²) in [5, 5.41) is 18.4. The molecule has 1 heterocycles. The number of unbranched alkanes of at least 4 members (excludes halogenated alkanes) is 1. The van der Waals surface area contributed by atoms with Gasteiger partial charge in [0.2, 0.25) is 5.91 Å². The molecule has 4 N–H and O–H groups in total. The van der Waals surface area contributed by atoms with Gasteiger partial charge >= 0.3 is 0 Å². The third-order valence-corrected chi connectivity index (χ3v) is 2.46. The van der Waals surface area contributed by atoms with Crippen LogP contribution in [0.1, 0.15) is 19.3 Å². The lowest BCUT2D eigenvalue weighted by atomic mass is 10.2. The quantitative estimate of drug-likeness (QED) is 0.493. The Balaban J connectivity index is 2.25. The number of carbonyl (C=O) groups excluding carboxylic acids is 1. The zero-order valence-electron chi connectivity index (χ0n) is 8.22. The number of nitrogens with zero attached hydrogens (tertiary/aromatic N) is 1. The second-order valence-corrected chi connectivity index (χ2v) is 3.68. The fourth-order valence-electron chi connectivity index (χ4n) is 1.55. The Labute approximate surface area is 83.5 Å². The highest BCUT2D eigenvalue weighted by Crippen LogP contribution is 2.12. The molecule has 1 fully saturated rings. The first-order valence-electron chi connectivity index (χ1n) is 4.99. The number of hydrogen-bond acceptors (Lipinski definition) is 4. The van der Waals surface area contributed by atoms with Crippen LogP contribution in [0.15, 0.2) is 0 Å². The van der Waals surface area contributed by atoms with Crippen LogP contribution in [0.5, 0.6) is 0 Å². The molecule has 5 heteroatoms. The van der Waals surface area contributed by atoms with Crippen LogP contribution in [0.4, 0.5) is 0 Å². The maximum Gasteiger partial charge on any atom is 0.222 e. The number of nitrogens with two attached hydrogens (primary N) is 1. The SMILES string of the molecule is NCCCCC(=O)N1C[C@@H](O)[C@@H](O)C1. The Morgan fingerprint density at radius 2 is 1.86 bits per heavy atom. The van der Waals surface area contributed by atoms with Gasteiger partial charge in [0, 0.05) is 19.5 Å². The molecule has 1 aliphatic heterocycles. The van der Waals surface area contributed by atoms with E-state index in [1.165, 1.54) is 4.90 Å². The zero-order chi connectivity index (χ0) is 10.6. The summed E-state index contributed by atoms with van der Waals surface area (Å²) in [5.74, 6) is -0.00551. The van der Waals surface area contributed by atoms with Crippen molar-refractivity contribution in [2.75, 3.05) is 19.6 Å². The number of amides is 1. The second-order valence-electron chi connectivity index (χ2n) is 3.68. The average molecular weight is 202 g/mol. The van der Waals surface area contributed by atoms with Crippen LogP contribution in [-0.2, 0) is 4.79 Å². The molecule has 0 radical (unpaired) electrons. The number of rotatable bonds is 4. The monoisotopic (exact) mass is 202 g/mol. The van der Waals surface area contributed by atoms with Gasteiger partial charge in [0.15, 0.2) is 0 Å². The van der Waals surface area contributed by atoms with Crippen LogP contribution < -0.4 is 5.73 Å². The average Bonchev–Trinajstić information content (AvgIpc) is 2.47. The van der Waals surface area contributed by atoms with Crippen molar-refractivity contribution in [3.63, 3.8) is 0 Å². The molecular weight excluding hydrogens is 184 g/mol. The standard InChI is InChI=1S/C9H18N2O3/c10-4-2-1-3-9(14)11-5-7(12)8(13)6-11/h7-8,12-13H,1-6,10H2/t7-,8+. The first-order chi connectivity index (χ1) is 6.65. The minimum atomic E-state index is -0.784. The summed E-state index contributed by atoms with van der Waals surface area (Å²) in [6.45, 7) is 1.10. The van der Waals surface area contributed by atoms with Gasteiger partial charge in [0.05, 0.1) is 12.2 Å². The topological polar surface area (TPSA) is 86.8 Å². The first kappa shape index (κ1) is 11.4. The lowest BCUT2D eigenvalue weighted by molar-refractivity contribution is -0.130. The smallest absolute Gasteiger partial charge is 0.222 e. The summed E-state index contributed by atoms with van der Waals surface area (Å²) in [4.78, 5) is 13.0. The first-order valence-corrected chi connectivity index (χ1v) is 4.99. The van der Waals surface area contributed by atoms with Crippen LogP contribution in [-0.4, -0.2) is 52.9 Å². The summed E-state index contributed by atoms with van der Waals surface area (Å²) >= 11 is 0. The van der Waals surface area contributed by atoms with Crippen LogP contribution in [0, 0.1) is 0 Å². The van der Waals surface area contributed by atoms with E-state index in [-0.39, 0.29) is 19.0 Å². The molecule has 82 valence electrons. The van der Waals surface area contributed by atoms with E-state index in [9.17, 15) is 15.0 Å². The number of likely N-dealkylation sites (tertiary alicyclic amines) is 1. The molecule has 1 amide bonds. The minimum Gasteiger partial charge on any atom is -0.388 e. The van der Waals surface area contributed by atoms with Crippen molar-refractivity contribution in [2.45, 2.75) is 31.5 Å². The Morgan fingerprint density at radius 1 is 1.29 bits per heavy atom. The van der Waals surface area contributed by atoms with Crippen molar-refractivity contribution in [3.8, 4) is 0 Å². The number of aliphatic hydroxyl groups excluding tert-OH is 2. The summed E-state index contributed by atoms with van der Waals surface area (Å²) in [6.07, 6.45) is 0.501. The van der Waals surface area contributed by atoms with Crippen LogP contribution in [0.3, 0.4) is 0 Å². The fraction of sp³-hybridized carbons (Fsp3) is 0.889. The Kier molecular flexibility index (Phi) is 4.31. The number of β-amino-alcohol motifs (C(OH)–C–C–N with tert-alkyl or cyclic N) is 2. The number of carbonyl (C=O) groups is 1. The predicted octanol–water partition coefficient (Wildman–Crippen LogP) is -1.32. The molecule has 14 heavy (non-hydrogen) atoms. The Morgan fingerprint density at radius 3 is 2.36 bits per heavy atom. The molecule has 0 aromatic rings. The normalized spacial score (nSPS) is 26.9. The summed E-state index contributed by atoms with van der Waals surface area (Å²) in [7, 11) is 0. The Hall–Kier alpha value is -0.650. The highest BCUT2D eigenvalue weighted by molar-refractivity contribution is 5.76. The zero-order valence-corrected chi connectivity index (χ0v) is 8.22. The summed E-state index contributed by atoms with van der Waals surface area (Å²) in [6, 6.07) is 0. The van der Waals surface area contributed by atoms with Gasteiger partial charge in [-0.05, 0) is 19.4 Å². The van der Waals surface area contributed by atoms with Crippen LogP contribution >= 0.6 is 0 Å². The van der Waals surface area contributed by atoms with E-state index in [2.05, 4.69) is 0 Å². The van der Waals surface area contributed by atoms with Gasteiger partial charge in [0.25, 0.3) is 0 Å². The third kappa shape index (κ3) is 2.94. The van der Waals surface area contributed by atoms with Gasteiger partial charge in [-0.15, -0.1) is 0 Å². The highest BCUT2D eigenvalue weighted by atomic mass is 16.3. The van der Waals surface area contributed by atoms with Gasteiger partial charge in [-0.25, -0.2) is 0 Å². The largest absolute Gasteiger partial charge is 0.388 e. The second kappa shape index (κ2) is 5.29. The van der Waals surface area contributed by atoms with Crippen LogP contribution in [0.25, 0.3) is 0 Å². The van der Waals surface area contributed by atoms with Gasteiger partial charge in [0.1, 0.15) is 0 Å². The summed E-state index contributed by atoms with van der Waals surface area (Å²) in [5.41, 5.74) is 5.31. The van der Waals surface area contributed by atoms with Crippen LogP contribution in [0.2, 0.25) is 0 Å². The van der Waals surface area contributed by atoms with Crippen molar-refractivity contribution in [3.05, 3.63) is 0 Å². The molecule has 1 aliphatic rings. The fourth-order valence-corrected chi connectivity index (χ4v) is 1.55. The molecule has 0 spiro atoms. The molecule has 0 bridgehead atoms. The van der Waals surface area contributed by atoms with Gasteiger partial charge < -0.3 is 20.8 Å². The van der Waals surface area contributed by atoms with Crippen molar-refractivity contribution in [2.24, 2.45) is 5.73 Å². The summed E-state index contributed by atoms with van der Waals surface area (Å²) < 4.78 is 0.